The second-order valence-electron chi connectivity index (χ2n) is 7.63. The van der Waals surface area contributed by atoms with Crippen LogP contribution < -0.4 is 10.2 Å². The summed E-state index contributed by atoms with van der Waals surface area (Å²) in [5.41, 5.74) is -0.114. The molecule has 7 nitrogen and oxygen atoms in total. The van der Waals surface area contributed by atoms with Gasteiger partial charge in [0.1, 0.15) is 12.3 Å². The van der Waals surface area contributed by atoms with Crippen LogP contribution in [0.4, 0.5) is 5.82 Å². The van der Waals surface area contributed by atoms with Crippen molar-refractivity contribution in [3.8, 4) is 0 Å². The predicted molar refractivity (Wildman–Crippen MR) is 97.4 cm³/mol. The van der Waals surface area contributed by atoms with Crippen molar-refractivity contribution in [1.29, 1.82) is 0 Å². The first-order valence-corrected chi connectivity index (χ1v) is 8.99. The molecule has 0 unspecified atom stereocenters. The zero-order valence-electron chi connectivity index (χ0n) is 16.4. The second-order valence-corrected chi connectivity index (χ2v) is 7.63. The normalized spacial score (nSPS) is 11.6. The van der Waals surface area contributed by atoms with E-state index in [0.717, 1.165) is 19.6 Å². The average Bonchev–Trinajstić information content (AvgIpc) is 2.90. The van der Waals surface area contributed by atoms with Gasteiger partial charge >= 0.3 is 0 Å². The number of likely N-dealkylation sites (N-methyl/N-ethyl adjacent to an activating group) is 1. The molecule has 0 fully saturated rings. The van der Waals surface area contributed by atoms with E-state index in [2.05, 4.69) is 24.3 Å². The van der Waals surface area contributed by atoms with Crippen LogP contribution in [0.2, 0.25) is 0 Å². The highest BCUT2D eigenvalue weighted by Crippen LogP contribution is 2.19. The van der Waals surface area contributed by atoms with Crippen LogP contribution in [-0.4, -0.2) is 54.6 Å². The maximum absolute atomic E-state index is 12.6. The Kier molecular flexibility index (Phi) is 8.09. The van der Waals surface area contributed by atoms with Crippen LogP contribution in [0.5, 0.6) is 0 Å². The third-order valence-corrected chi connectivity index (χ3v) is 4.00. The summed E-state index contributed by atoms with van der Waals surface area (Å²) in [5, 5.41) is 6.44. The Hall–Kier alpha value is -1.89. The van der Waals surface area contributed by atoms with Crippen LogP contribution in [0.15, 0.2) is 10.6 Å². The Morgan fingerprint density at radius 2 is 1.92 bits per heavy atom. The minimum absolute atomic E-state index is 0.00513. The smallest absolute Gasteiger partial charge is 0.245 e. The number of hydrogen-bond acceptors (Lipinski definition) is 4. The lowest BCUT2D eigenvalue weighted by Crippen LogP contribution is -3.12. The molecule has 142 valence electrons. The molecule has 2 amide bonds. The summed E-state index contributed by atoms with van der Waals surface area (Å²) >= 11 is 0. The van der Waals surface area contributed by atoms with Crippen molar-refractivity contribution in [2.75, 3.05) is 38.0 Å². The first-order chi connectivity index (χ1) is 11.6. The molecule has 0 radical (unpaired) electrons. The van der Waals surface area contributed by atoms with Gasteiger partial charge in [-0.25, -0.2) is 0 Å². The van der Waals surface area contributed by atoms with Gasteiger partial charge in [0.15, 0.2) is 5.82 Å². The number of carbonyl (C=O) groups is 2. The molecule has 2 N–H and O–H groups in total. The fraction of sp³-hybridized carbons (Fsp3) is 0.722. The largest absolute Gasteiger partial charge is 0.360 e. The van der Waals surface area contributed by atoms with Gasteiger partial charge in [-0.3, -0.25) is 9.59 Å². The third kappa shape index (κ3) is 8.16. The molecular weight excluding hydrogens is 320 g/mol. The van der Waals surface area contributed by atoms with E-state index in [1.807, 2.05) is 20.8 Å². The topological polar surface area (TPSA) is 79.9 Å². The zero-order chi connectivity index (χ0) is 19.0. The quantitative estimate of drug-likeness (QED) is 0.697. The molecule has 1 aromatic rings. The Labute approximate surface area is 150 Å². The number of quaternary nitrogens is 1. The molecule has 1 aromatic heterocycles. The Balaban J connectivity index is 2.71. The van der Waals surface area contributed by atoms with Gasteiger partial charge < -0.3 is 19.6 Å². The minimum atomic E-state index is -0.259. The number of amides is 2. The van der Waals surface area contributed by atoms with Crippen LogP contribution in [0.1, 0.15) is 46.8 Å². The van der Waals surface area contributed by atoms with Crippen molar-refractivity contribution in [2.24, 2.45) is 5.41 Å². The van der Waals surface area contributed by atoms with E-state index in [9.17, 15) is 9.59 Å². The number of anilines is 1. The molecule has 0 aliphatic heterocycles. The molecule has 1 rings (SSSR count). The summed E-state index contributed by atoms with van der Waals surface area (Å²) in [4.78, 5) is 28.0. The Bertz CT molecular complexity index is 559. The molecule has 0 spiro atoms. The Morgan fingerprint density at radius 3 is 2.40 bits per heavy atom. The fourth-order valence-electron chi connectivity index (χ4n) is 2.54. The number of nitrogens with one attached hydrogen (secondary N) is 2. The van der Waals surface area contributed by atoms with Crippen molar-refractivity contribution in [3.63, 3.8) is 0 Å². The number of aryl methyl sites for hydroxylation is 1. The van der Waals surface area contributed by atoms with Crippen LogP contribution in [0.3, 0.4) is 0 Å². The van der Waals surface area contributed by atoms with Gasteiger partial charge in [-0.2, -0.15) is 0 Å². The van der Waals surface area contributed by atoms with Crippen LogP contribution in [0, 0.1) is 12.3 Å². The summed E-state index contributed by atoms with van der Waals surface area (Å²) in [6.45, 7) is 15.5. The molecule has 7 heteroatoms. The average molecular weight is 353 g/mol. The highest BCUT2D eigenvalue weighted by molar-refractivity contribution is 5.93. The molecule has 0 saturated carbocycles. The number of rotatable bonds is 9. The summed E-state index contributed by atoms with van der Waals surface area (Å²) in [6.07, 6.45) is 0.414. The minimum Gasteiger partial charge on any atom is -0.360 e. The number of nitrogens with zero attached hydrogens (tertiary/aromatic N) is 2. The molecule has 0 aliphatic carbocycles. The molecule has 0 aromatic carbocycles. The first kappa shape index (κ1) is 21.2. The molecular formula is C18H33N4O3+. The van der Waals surface area contributed by atoms with Crippen molar-refractivity contribution < 1.29 is 19.0 Å². The SMILES string of the molecule is CC[NH+](CC)CCN(CC(=O)Nc1cc(C)on1)C(=O)CC(C)(C)C. The van der Waals surface area contributed by atoms with E-state index >= 15 is 0 Å². The van der Waals surface area contributed by atoms with Gasteiger partial charge in [-0.15, -0.1) is 0 Å². The predicted octanol–water partition coefficient (Wildman–Crippen LogP) is 1.11. The summed E-state index contributed by atoms with van der Waals surface area (Å²) < 4.78 is 4.94. The molecule has 0 saturated heterocycles. The summed E-state index contributed by atoms with van der Waals surface area (Å²) in [7, 11) is 0. The molecule has 25 heavy (non-hydrogen) atoms. The van der Waals surface area contributed by atoms with E-state index in [0.29, 0.717) is 24.5 Å². The zero-order valence-corrected chi connectivity index (χ0v) is 16.4. The van der Waals surface area contributed by atoms with E-state index in [1.54, 1.807) is 17.9 Å². The van der Waals surface area contributed by atoms with Gasteiger partial charge in [0.2, 0.25) is 11.8 Å². The maximum Gasteiger partial charge on any atom is 0.245 e. The maximum atomic E-state index is 12.6. The van der Waals surface area contributed by atoms with Crippen LogP contribution in [0.25, 0.3) is 0 Å². The van der Waals surface area contributed by atoms with Crippen molar-refractivity contribution in [2.45, 2.75) is 48.0 Å². The fourth-order valence-corrected chi connectivity index (χ4v) is 2.54. The highest BCUT2D eigenvalue weighted by atomic mass is 16.5. The van der Waals surface area contributed by atoms with Crippen LogP contribution >= 0.6 is 0 Å². The third-order valence-electron chi connectivity index (χ3n) is 4.00. The molecule has 0 bridgehead atoms. The lowest BCUT2D eigenvalue weighted by atomic mass is 9.91. The van der Waals surface area contributed by atoms with Gasteiger partial charge in [0.25, 0.3) is 0 Å². The van der Waals surface area contributed by atoms with E-state index in [-0.39, 0.29) is 23.8 Å². The summed E-state index contributed by atoms with van der Waals surface area (Å²) in [5.74, 6) is 0.747. The van der Waals surface area contributed by atoms with E-state index in [4.69, 9.17) is 4.52 Å². The number of aromatic nitrogens is 1. The molecule has 0 aliphatic rings. The second kappa shape index (κ2) is 9.56. The summed E-state index contributed by atoms with van der Waals surface area (Å²) in [6, 6.07) is 1.65. The lowest BCUT2D eigenvalue weighted by Gasteiger charge is -2.27. The lowest BCUT2D eigenvalue weighted by molar-refractivity contribution is -0.895. The first-order valence-electron chi connectivity index (χ1n) is 8.99. The van der Waals surface area contributed by atoms with Gasteiger partial charge in [-0.05, 0) is 26.2 Å². The standard InChI is InChI=1S/C18H32N4O3/c1-7-21(8-2)9-10-22(17(24)12-18(4,5)6)13-16(23)19-15-11-14(3)25-20-15/h11H,7-10,12-13H2,1-6H3,(H,19,20,23)/p+1. The highest BCUT2D eigenvalue weighted by Gasteiger charge is 2.24. The van der Waals surface area contributed by atoms with Gasteiger partial charge in [0.05, 0.1) is 26.2 Å². The van der Waals surface area contributed by atoms with E-state index in [1.165, 1.54) is 4.90 Å². The monoisotopic (exact) mass is 353 g/mol. The number of carbonyl (C=O) groups excluding carboxylic acids is 2. The van der Waals surface area contributed by atoms with Gasteiger partial charge in [-0.1, -0.05) is 25.9 Å². The van der Waals surface area contributed by atoms with E-state index < -0.39 is 0 Å². The van der Waals surface area contributed by atoms with Crippen molar-refractivity contribution in [3.05, 3.63) is 11.8 Å². The molecule has 1 heterocycles. The molecule has 0 atom stereocenters. The van der Waals surface area contributed by atoms with Crippen molar-refractivity contribution in [1.82, 2.24) is 10.1 Å². The van der Waals surface area contributed by atoms with Crippen molar-refractivity contribution >= 4 is 17.6 Å². The Morgan fingerprint density at radius 1 is 1.28 bits per heavy atom. The number of hydrogen-bond donors (Lipinski definition) is 2. The van der Waals surface area contributed by atoms with Gasteiger partial charge in [0, 0.05) is 12.5 Å². The van der Waals surface area contributed by atoms with Crippen LogP contribution in [-0.2, 0) is 9.59 Å².